The van der Waals surface area contributed by atoms with Crippen LogP contribution in [0, 0.1) is 0 Å². The van der Waals surface area contributed by atoms with Crippen molar-refractivity contribution >= 4 is 17.7 Å². The summed E-state index contributed by atoms with van der Waals surface area (Å²) in [5.41, 5.74) is 3.23. The number of nitrogens with zero attached hydrogens (tertiary/aromatic N) is 1. The first-order valence-electron chi connectivity index (χ1n) is 8.79. The minimum absolute atomic E-state index is 0.00148. The average molecular weight is 352 g/mol. The number of carbonyl (C=O) groups excluding carboxylic acids is 2. The molecule has 0 spiro atoms. The second-order valence-electron chi connectivity index (χ2n) is 7.39. The van der Waals surface area contributed by atoms with E-state index in [1.54, 1.807) is 12.1 Å². The normalized spacial score (nSPS) is 13.3. The van der Waals surface area contributed by atoms with Crippen molar-refractivity contribution in [1.82, 2.24) is 5.32 Å². The summed E-state index contributed by atoms with van der Waals surface area (Å²) in [7, 11) is 0. The lowest BCUT2D eigenvalue weighted by atomic mass is 10.1. The van der Waals surface area contributed by atoms with Gasteiger partial charge in [-0.2, -0.15) is 0 Å². The third kappa shape index (κ3) is 4.23. The first kappa shape index (κ1) is 18.0. The summed E-state index contributed by atoms with van der Waals surface area (Å²) in [6.07, 6.45) is 0.436. The predicted molar refractivity (Wildman–Crippen MR) is 101 cm³/mol. The number of nitrogens with one attached hydrogen (secondary N) is 1. The van der Waals surface area contributed by atoms with E-state index in [-0.39, 0.29) is 5.91 Å². The van der Waals surface area contributed by atoms with Crippen LogP contribution in [0.4, 0.5) is 10.5 Å². The van der Waals surface area contributed by atoms with Crippen molar-refractivity contribution in [2.45, 2.75) is 39.3 Å². The number of benzene rings is 2. The molecule has 1 aliphatic heterocycles. The molecule has 0 bridgehead atoms. The van der Waals surface area contributed by atoms with Crippen molar-refractivity contribution in [2.24, 2.45) is 0 Å². The summed E-state index contributed by atoms with van der Waals surface area (Å²) < 4.78 is 5.21. The maximum absolute atomic E-state index is 12.8. The Kier molecular flexibility index (Phi) is 4.98. The molecule has 0 unspecified atom stereocenters. The fourth-order valence-electron chi connectivity index (χ4n) is 2.96. The number of anilines is 1. The Morgan fingerprint density at radius 1 is 1.08 bits per heavy atom. The number of amides is 2. The number of para-hydroxylation sites is 1. The molecule has 3 rings (SSSR count). The van der Waals surface area contributed by atoms with Crippen molar-refractivity contribution in [3.05, 3.63) is 65.2 Å². The molecule has 2 aromatic rings. The third-order valence-electron chi connectivity index (χ3n) is 4.17. The van der Waals surface area contributed by atoms with Gasteiger partial charge in [0.05, 0.1) is 0 Å². The molecule has 5 nitrogen and oxygen atoms in total. The van der Waals surface area contributed by atoms with Gasteiger partial charge in [0.2, 0.25) is 0 Å². The largest absolute Gasteiger partial charge is 0.444 e. The maximum atomic E-state index is 12.8. The van der Waals surface area contributed by atoms with E-state index in [4.69, 9.17) is 4.74 Å². The van der Waals surface area contributed by atoms with Gasteiger partial charge in [-0.3, -0.25) is 4.79 Å². The SMILES string of the molecule is CC(C)(C)OC(=O)NCc1ccc(C(=O)N2CCc3ccccc32)cc1. The molecule has 2 amide bonds. The first-order chi connectivity index (χ1) is 12.3. The summed E-state index contributed by atoms with van der Waals surface area (Å²) in [5, 5.41) is 2.72. The van der Waals surface area contributed by atoms with E-state index in [2.05, 4.69) is 11.4 Å². The highest BCUT2D eigenvalue weighted by Gasteiger charge is 2.25. The molecule has 136 valence electrons. The van der Waals surface area contributed by atoms with Crippen LogP contribution >= 0.6 is 0 Å². The summed E-state index contributed by atoms with van der Waals surface area (Å²) in [6, 6.07) is 15.3. The van der Waals surface area contributed by atoms with Crippen LogP contribution in [-0.4, -0.2) is 24.1 Å². The van der Waals surface area contributed by atoms with Crippen LogP contribution in [0.5, 0.6) is 0 Å². The van der Waals surface area contributed by atoms with Crippen molar-refractivity contribution in [3.63, 3.8) is 0 Å². The van der Waals surface area contributed by atoms with Crippen molar-refractivity contribution in [1.29, 1.82) is 0 Å². The zero-order valence-corrected chi connectivity index (χ0v) is 15.4. The number of carbonyl (C=O) groups is 2. The first-order valence-corrected chi connectivity index (χ1v) is 8.79. The maximum Gasteiger partial charge on any atom is 0.407 e. The van der Waals surface area contributed by atoms with E-state index in [0.29, 0.717) is 18.7 Å². The molecule has 0 aliphatic carbocycles. The van der Waals surface area contributed by atoms with E-state index < -0.39 is 11.7 Å². The van der Waals surface area contributed by atoms with Crippen molar-refractivity contribution < 1.29 is 14.3 Å². The molecule has 0 radical (unpaired) electrons. The van der Waals surface area contributed by atoms with Crippen LogP contribution in [0.15, 0.2) is 48.5 Å². The highest BCUT2D eigenvalue weighted by atomic mass is 16.6. The fraction of sp³-hybridized carbons (Fsp3) is 0.333. The minimum Gasteiger partial charge on any atom is -0.444 e. The fourth-order valence-corrected chi connectivity index (χ4v) is 2.96. The van der Waals surface area contributed by atoms with Gasteiger partial charge >= 0.3 is 6.09 Å². The van der Waals surface area contributed by atoms with Crippen molar-refractivity contribution in [3.8, 4) is 0 Å². The zero-order chi connectivity index (χ0) is 18.7. The number of hydrogen-bond acceptors (Lipinski definition) is 3. The molecule has 0 saturated heterocycles. The van der Waals surface area contributed by atoms with Gasteiger partial charge in [-0.1, -0.05) is 30.3 Å². The Morgan fingerprint density at radius 2 is 1.77 bits per heavy atom. The van der Waals surface area contributed by atoms with Crippen LogP contribution in [0.3, 0.4) is 0 Å². The highest BCUT2D eigenvalue weighted by Crippen LogP contribution is 2.28. The number of ether oxygens (including phenoxy) is 1. The van der Waals surface area contributed by atoms with Crippen LogP contribution in [0.1, 0.15) is 42.3 Å². The molecule has 1 heterocycles. The molecule has 1 N–H and O–H groups in total. The molecule has 0 aromatic heterocycles. The summed E-state index contributed by atoms with van der Waals surface area (Å²) in [6.45, 7) is 6.53. The Hall–Kier alpha value is -2.82. The Morgan fingerprint density at radius 3 is 2.46 bits per heavy atom. The van der Waals surface area contributed by atoms with Gasteiger partial charge in [0.15, 0.2) is 0 Å². The minimum atomic E-state index is -0.521. The van der Waals surface area contributed by atoms with Crippen LogP contribution in [0.2, 0.25) is 0 Å². The molecule has 0 atom stereocenters. The molecule has 2 aromatic carbocycles. The number of fused-ring (bicyclic) bond motifs is 1. The van der Waals surface area contributed by atoms with Gasteiger partial charge in [0.25, 0.3) is 5.91 Å². The third-order valence-corrected chi connectivity index (χ3v) is 4.17. The van der Waals surface area contributed by atoms with E-state index >= 15 is 0 Å². The Labute approximate surface area is 154 Å². The summed E-state index contributed by atoms with van der Waals surface area (Å²) >= 11 is 0. The zero-order valence-electron chi connectivity index (χ0n) is 15.4. The lowest BCUT2D eigenvalue weighted by Gasteiger charge is -2.20. The summed E-state index contributed by atoms with van der Waals surface area (Å²) in [5.74, 6) is 0.00148. The summed E-state index contributed by atoms with van der Waals surface area (Å²) in [4.78, 5) is 26.3. The van der Waals surface area contributed by atoms with Crippen molar-refractivity contribution in [2.75, 3.05) is 11.4 Å². The van der Waals surface area contributed by atoms with Gasteiger partial charge in [0, 0.05) is 24.3 Å². The lowest BCUT2D eigenvalue weighted by molar-refractivity contribution is 0.0523. The van der Waals surface area contributed by atoms with Gasteiger partial charge in [-0.15, -0.1) is 0 Å². The highest BCUT2D eigenvalue weighted by molar-refractivity contribution is 6.07. The molecule has 0 fully saturated rings. The van der Waals surface area contributed by atoms with Crippen LogP contribution in [0.25, 0.3) is 0 Å². The average Bonchev–Trinajstić information content (AvgIpc) is 3.02. The molecular weight excluding hydrogens is 328 g/mol. The van der Waals surface area contributed by atoms with E-state index in [0.717, 1.165) is 17.7 Å². The topological polar surface area (TPSA) is 58.6 Å². The Balaban J connectivity index is 1.61. The Bertz CT molecular complexity index is 807. The van der Waals surface area contributed by atoms with E-state index in [9.17, 15) is 9.59 Å². The van der Waals surface area contributed by atoms with Gasteiger partial charge in [0.1, 0.15) is 5.60 Å². The quantitative estimate of drug-likeness (QED) is 0.911. The van der Waals surface area contributed by atoms with Gasteiger partial charge < -0.3 is 15.0 Å². The number of alkyl carbamates (subject to hydrolysis) is 1. The number of hydrogen-bond donors (Lipinski definition) is 1. The molecule has 0 saturated carbocycles. The standard InChI is InChI=1S/C21H24N2O3/c1-21(2,3)26-20(25)22-14-15-8-10-17(11-9-15)19(24)23-13-12-16-6-4-5-7-18(16)23/h4-11H,12-14H2,1-3H3,(H,22,25). The molecule has 1 aliphatic rings. The smallest absolute Gasteiger partial charge is 0.407 e. The van der Waals surface area contributed by atoms with Gasteiger partial charge in [-0.05, 0) is 56.5 Å². The predicted octanol–water partition coefficient (Wildman–Crippen LogP) is 3.91. The van der Waals surface area contributed by atoms with Crippen LogP contribution < -0.4 is 10.2 Å². The molecule has 26 heavy (non-hydrogen) atoms. The monoisotopic (exact) mass is 352 g/mol. The van der Waals surface area contributed by atoms with E-state index in [1.807, 2.05) is 56.0 Å². The lowest BCUT2D eigenvalue weighted by Crippen LogP contribution is -2.32. The second-order valence-corrected chi connectivity index (χ2v) is 7.39. The number of rotatable bonds is 3. The second kappa shape index (κ2) is 7.20. The molecular formula is C21H24N2O3. The van der Waals surface area contributed by atoms with Gasteiger partial charge in [-0.25, -0.2) is 4.79 Å². The van der Waals surface area contributed by atoms with Crippen LogP contribution in [-0.2, 0) is 17.7 Å². The molecule has 5 heteroatoms. The van der Waals surface area contributed by atoms with E-state index in [1.165, 1.54) is 5.56 Å².